The molecule has 1 fully saturated rings. The summed E-state index contributed by atoms with van der Waals surface area (Å²) >= 11 is 5.83. The normalized spacial score (nSPS) is 18.1. The maximum Gasteiger partial charge on any atom is 0.170 e. The topological polar surface area (TPSA) is 45.6 Å². The Hall–Kier alpha value is -2.90. The average Bonchev–Trinajstić information content (AvgIpc) is 3.29. The van der Waals surface area contributed by atoms with Crippen molar-refractivity contribution in [2.75, 3.05) is 34.3 Å². The van der Waals surface area contributed by atoms with E-state index in [-0.39, 0.29) is 12.1 Å². The van der Waals surface area contributed by atoms with Gasteiger partial charge in [-0.2, -0.15) is 0 Å². The highest BCUT2D eigenvalue weighted by Crippen LogP contribution is 2.41. The number of hydrogen-bond donors (Lipinski definition) is 1. The van der Waals surface area contributed by atoms with Crippen LogP contribution in [0, 0.1) is 13.8 Å². The van der Waals surface area contributed by atoms with Gasteiger partial charge >= 0.3 is 0 Å². The van der Waals surface area contributed by atoms with Gasteiger partial charge < -0.3 is 24.4 Å². The van der Waals surface area contributed by atoms with Crippen LogP contribution in [0.3, 0.4) is 0 Å². The van der Waals surface area contributed by atoms with Crippen molar-refractivity contribution < 1.29 is 4.74 Å². The summed E-state index contributed by atoms with van der Waals surface area (Å²) in [6, 6.07) is 16.7. The van der Waals surface area contributed by atoms with E-state index in [1.54, 1.807) is 7.11 Å². The first kappa shape index (κ1) is 23.3. The van der Waals surface area contributed by atoms with Gasteiger partial charge in [-0.25, -0.2) is 0 Å². The predicted octanol–water partition coefficient (Wildman–Crippen LogP) is 4.42. The van der Waals surface area contributed by atoms with Crippen LogP contribution in [0.15, 0.2) is 54.7 Å². The summed E-state index contributed by atoms with van der Waals surface area (Å²) in [7, 11) is 5.91. The first-order valence-corrected chi connectivity index (χ1v) is 11.8. The largest absolute Gasteiger partial charge is 0.497 e. The second kappa shape index (κ2) is 9.93. The van der Waals surface area contributed by atoms with E-state index in [1.165, 1.54) is 17.0 Å². The number of hydrogen-bond acceptors (Lipinski definition) is 4. The van der Waals surface area contributed by atoms with Crippen molar-refractivity contribution in [1.29, 1.82) is 0 Å². The standard InChI is InChI=1S/C26H33N5OS/c1-18-17-22(19(2)31(18)20-10-12-21(32-5)13-11-20)25-24(23-9-6-7-14-27-23)28-26(33)30(25)16-8-15-29(3)4/h6-7,9-14,17,24-25H,8,15-16H2,1-5H3,(H,28,33). The lowest BCUT2D eigenvalue weighted by Gasteiger charge is -2.28. The summed E-state index contributed by atoms with van der Waals surface area (Å²) in [6.07, 6.45) is 2.89. The number of nitrogens with zero attached hydrogens (tertiary/aromatic N) is 4. The molecule has 0 aliphatic carbocycles. The number of thiocarbonyl (C=S) groups is 1. The van der Waals surface area contributed by atoms with Gasteiger partial charge in [-0.05, 0) is 101 Å². The third-order valence-electron chi connectivity index (χ3n) is 6.32. The second-order valence-electron chi connectivity index (χ2n) is 8.84. The fourth-order valence-electron chi connectivity index (χ4n) is 4.76. The van der Waals surface area contributed by atoms with E-state index in [9.17, 15) is 0 Å². The Morgan fingerprint density at radius 2 is 1.88 bits per heavy atom. The number of nitrogens with one attached hydrogen (secondary N) is 1. The van der Waals surface area contributed by atoms with Crippen LogP contribution in [0.5, 0.6) is 5.75 Å². The minimum Gasteiger partial charge on any atom is -0.497 e. The minimum absolute atomic E-state index is 0.00266. The van der Waals surface area contributed by atoms with Gasteiger partial charge in [0.15, 0.2) is 5.11 Å². The number of aryl methyl sites for hydroxylation is 1. The zero-order chi connectivity index (χ0) is 23.5. The van der Waals surface area contributed by atoms with E-state index < -0.39 is 0 Å². The number of aromatic nitrogens is 2. The molecule has 0 radical (unpaired) electrons. The molecule has 2 unspecified atom stereocenters. The third-order valence-corrected chi connectivity index (χ3v) is 6.67. The summed E-state index contributed by atoms with van der Waals surface area (Å²) < 4.78 is 7.66. The molecule has 1 aliphatic rings. The molecule has 174 valence electrons. The van der Waals surface area contributed by atoms with Crippen molar-refractivity contribution in [2.45, 2.75) is 32.4 Å². The maximum absolute atomic E-state index is 5.83. The summed E-state index contributed by atoms with van der Waals surface area (Å²) in [5.41, 5.74) is 5.82. The smallest absolute Gasteiger partial charge is 0.170 e. The first-order chi connectivity index (χ1) is 15.9. The molecule has 0 spiro atoms. The summed E-state index contributed by atoms with van der Waals surface area (Å²) in [6.45, 7) is 6.27. The predicted molar refractivity (Wildman–Crippen MR) is 137 cm³/mol. The molecule has 1 aromatic carbocycles. The quantitative estimate of drug-likeness (QED) is 0.499. The molecule has 0 bridgehead atoms. The van der Waals surface area contributed by atoms with E-state index in [1.807, 2.05) is 30.5 Å². The van der Waals surface area contributed by atoms with Gasteiger partial charge in [0.25, 0.3) is 0 Å². The second-order valence-corrected chi connectivity index (χ2v) is 9.22. The molecular weight excluding hydrogens is 430 g/mol. The van der Waals surface area contributed by atoms with E-state index in [0.717, 1.165) is 41.8 Å². The van der Waals surface area contributed by atoms with Gasteiger partial charge in [0.2, 0.25) is 0 Å². The van der Waals surface area contributed by atoms with Gasteiger partial charge in [0.05, 0.1) is 24.9 Å². The van der Waals surface area contributed by atoms with E-state index in [0.29, 0.717) is 0 Å². The lowest BCUT2D eigenvalue weighted by molar-refractivity contribution is 0.292. The Kier molecular flexibility index (Phi) is 7.00. The van der Waals surface area contributed by atoms with Crippen molar-refractivity contribution in [1.82, 2.24) is 24.7 Å². The van der Waals surface area contributed by atoms with Crippen molar-refractivity contribution in [3.63, 3.8) is 0 Å². The van der Waals surface area contributed by atoms with Crippen molar-refractivity contribution in [3.05, 3.63) is 77.4 Å². The maximum atomic E-state index is 5.83. The molecule has 6 nitrogen and oxygen atoms in total. The Balaban J connectivity index is 1.75. The van der Waals surface area contributed by atoms with Crippen LogP contribution in [0.1, 0.15) is 41.1 Å². The van der Waals surface area contributed by atoms with Crippen LogP contribution >= 0.6 is 12.2 Å². The lowest BCUT2D eigenvalue weighted by atomic mass is 9.96. The fourth-order valence-corrected chi connectivity index (χ4v) is 5.09. The highest BCUT2D eigenvalue weighted by atomic mass is 32.1. The number of methoxy groups -OCH3 is 1. The zero-order valence-electron chi connectivity index (χ0n) is 20.1. The Bertz CT molecular complexity index is 1090. The molecule has 2 aromatic heterocycles. The van der Waals surface area contributed by atoms with E-state index in [4.69, 9.17) is 17.0 Å². The van der Waals surface area contributed by atoms with Gasteiger partial charge in [-0.1, -0.05) is 6.07 Å². The van der Waals surface area contributed by atoms with Crippen LogP contribution in [0.25, 0.3) is 5.69 Å². The van der Waals surface area contributed by atoms with E-state index >= 15 is 0 Å². The summed E-state index contributed by atoms with van der Waals surface area (Å²) in [4.78, 5) is 9.23. The number of benzene rings is 1. The Labute approximate surface area is 202 Å². The molecule has 4 rings (SSSR count). The molecular formula is C26H33N5OS. The highest BCUT2D eigenvalue weighted by molar-refractivity contribution is 7.80. The van der Waals surface area contributed by atoms with Gasteiger partial charge in [0.1, 0.15) is 5.75 Å². The van der Waals surface area contributed by atoms with Gasteiger partial charge in [-0.3, -0.25) is 4.98 Å². The van der Waals surface area contributed by atoms with Crippen LogP contribution in [0.4, 0.5) is 0 Å². The van der Waals surface area contributed by atoms with Crippen LogP contribution in [-0.4, -0.2) is 58.8 Å². The average molecular weight is 464 g/mol. The SMILES string of the molecule is COc1ccc(-n2c(C)cc(C3C(c4ccccn4)NC(=S)N3CCCN(C)C)c2C)cc1. The van der Waals surface area contributed by atoms with Crippen LogP contribution < -0.4 is 10.1 Å². The third kappa shape index (κ3) is 4.75. The molecule has 7 heteroatoms. The molecule has 1 saturated heterocycles. The number of rotatable bonds is 8. The molecule has 1 N–H and O–H groups in total. The molecule has 0 saturated carbocycles. The van der Waals surface area contributed by atoms with Crippen molar-refractivity contribution in [3.8, 4) is 11.4 Å². The Morgan fingerprint density at radius 3 is 2.52 bits per heavy atom. The Morgan fingerprint density at radius 1 is 1.12 bits per heavy atom. The molecule has 0 amide bonds. The van der Waals surface area contributed by atoms with Gasteiger partial charge in [0, 0.05) is 29.8 Å². The van der Waals surface area contributed by atoms with Crippen LogP contribution in [-0.2, 0) is 0 Å². The van der Waals surface area contributed by atoms with Crippen LogP contribution in [0.2, 0.25) is 0 Å². The molecule has 2 atom stereocenters. The zero-order valence-corrected chi connectivity index (χ0v) is 20.9. The molecule has 33 heavy (non-hydrogen) atoms. The summed E-state index contributed by atoms with van der Waals surface area (Å²) in [5.74, 6) is 0.856. The fraction of sp³-hybridized carbons (Fsp3) is 0.385. The van der Waals surface area contributed by atoms with Crippen molar-refractivity contribution >= 4 is 17.3 Å². The van der Waals surface area contributed by atoms with Crippen molar-refractivity contribution in [2.24, 2.45) is 0 Å². The molecule has 3 heterocycles. The molecule has 1 aliphatic heterocycles. The lowest BCUT2D eigenvalue weighted by Crippen LogP contribution is -2.32. The highest BCUT2D eigenvalue weighted by Gasteiger charge is 2.41. The van der Waals surface area contributed by atoms with Gasteiger partial charge in [-0.15, -0.1) is 0 Å². The monoisotopic (exact) mass is 463 g/mol. The van der Waals surface area contributed by atoms with E-state index in [2.05, 4.69) is 76.9 Å². The first-order valence-electron chi connectivity index (χ1n) is 11.4. The number of ether oxygens (including phenoxy) is 1. The minimum atomic E-state index is 0.00266. The number of pyridine rings is 1. The molecule has 3 aromatic rings. The summed E-state index contributed by atoms with van der Waals surface area (Å²) in [5, 5.41) is 4.37.